The van der Waals surface area contributed by atoms with Gasteiger partial charge < -0.3 is 5.73 Å². The van der Waals surface area contributed by atoms with Crippen LogP contribution in [0.3, 0.4) is 0 Å². The smallest absolute Gasteiger partial charge is 0.0320 e. The number of hydrogen-bond donors (Lipinski definition) is 1. The first-order valence-corrected chi connectivity index (χ1v) is 16.9. The molecule has 0 radical (unpaired) electrons. The van der Waals surface area contributed by atoms with E-state index in [0.29, 0.717) is 0 Å². The van der Waals surface area contributed by atoms with E-state index in [1.54, 1.807) is 0 Å². The van der Waals surface area contributed by atoms with Crippen LogP contribution in [0, 0.1) is 0 Å². The number of nitrogens with two attached hydrogens (primary N) is 1. The van der Waals surface area contributed by atoms with Gasteiger partial charge in [0.25, 0.3) is 0 Å². The minimum absolute atomic E-state index is 0.791. The van der Waals surface area contributed by atoms with Gasteiger partial charge >= 0.3 is 0 Å². The van der Waals surface area contributed by atoms with E-state index in [-0.39, 0.29) is 0 Å². The lowest BCUT2D eigenvalue weighted by Crippen LogP contribution is -1.93. The minimum atomic E-state index is 0.791. The molecule has 0 saturated heterocycles. The summed E-state index contributed by atoms with van der Waals surface area (Å²) >= 11 is 0. The first kappa shape index (κ1) is 27.7. The molecule has 0 spiro atoms. The summed E-state index contributed by atoms with van der Waals surface area (Å²) in [7, 11) is 0. The van der Waals surface area contributed by atoms with Crippen molar-refractivity contribution in [2.45, 2.75) is 0 Å². The van der Waals surface area contributed by atoms with Gasteiger partial charge in [0.05, 0.1) is 0 Å². The number of nitrogen functional groups attached to an aromatic ring is 1. The summed E-state index contributed by atoms with van der Waals surface area (Å²) in [6.45, 7) is 0. The largest absolute Gasteiger partial charge is 0.399 e. The Morgan fingerprint density at radius 1 is 0.286 bits per heavy atom. The van der Waals surface area contributed by atoms with Crippen molar-refractivity contribution in [3.63, 3.8) is 0 Å². The summed E-state index contributed by atoms with van der Waals surface area (Å²) in [5.41, 5.74) is 22.0. The molecule has 49 heavy (non-hydrogen) atoms. The normalized spacial score (nSPS) is 11.8. The van der Waals surface area contributed by atoms with Crippen LogP contribution < -0.4 is 5.73 Å². The molecule has 0 aromatic heterocycles. The van der Waals surface area contributed by atoms with Crippen molar-refractivity contribution in [3.05, 3.63) is 176 Å². The molecule has 10 rings (SSSR count). The van der Waals surface area contributed by atoms with Crippen LogP contribution in [0.15, 0.2) is 176 Å². The summed E-state index contributed by atoms with van der Waals surface area (Å²) in [5.74, 6) is 0. The summed E-state index contributed by atoms with van der Waals surface area (Å²) in [6, 6.07) is 64.1. The molecule has 1 heteroatoms. The van der Waals surface area contributed by atoms with Gasteiger partial charge in [-0.05, 0) is 117 Å². The molecule has 9 aromatic carbocycles. The molecular weight excluding hydrogens is 591 g/mol. The minimum Gasteiger partial charge on any atom is -0.399 e. The molecule has 0 amide bonds. The van der Waals surface area contributed by atoms with Gasteiger partial charge in [0.15, 0.2) is 0 Å². The highest BCUT2D eigenvalue weighted by Gasteiger charge is 2.31. The second kappa shape index (κ2) is 10.8. The zero-order chi connectivity index (χ0) is 32.5. The second-order valence-electron chi connectivity index (χ2n) is 13.1. The van der Waals surface area contributed by atoms with Gasteiger partial charge in [-0.25, -0.2) is 0 Å². The van der Waals surface area contributed by atoms with Crippen LogP contribution in [0.2, 0.25) is 0 Å². The Morgan fingerprint density at radius 3 is 1.47 bits per heavy atom. The molecule has 1 aliphatic carbocycles. The Labute approximate surface area is 285 Å². The van der Waals surface area contributed by atoms with E-state index in [1.165, 1.54) is 93.7 Å². The van der Waals surface area contributed by atoms with Crippen molar-refractivity contribution in [2.24, 2.45) is 0 Å². The fraction of sp³-hybridized carbons (Fsp3) is 0. The van der Waals surface area contributed by atoms with Crippen LogP contribution in [-0.4, -0.2) is 0 Å². The van der Waals surface area contributed by atoms with Crippen molar-refractivity contribution in [1.29, 1.82) is 0 Å². The topological polar surface area (TPSA) is 26.0 Å². The molecule has 0 unspecified atom stereocenters. The van der Waals surface area contributed by atoms with Crippen molar-refractivity contribution >= 4 is 38.0 Å². The number of benzene rings is 9. The second-order valence-corrected chi connectivity index (χ2v) is 13.1. The maximum absolute atomic E-state index is 6.02. The number of hydrogen-bond acceptors (Lipinski definition) is 1. The van der Waals surface area contributed by atoms with Gasteiger partial charge in [-0.15, -0.1) is 0 Å². The molecule has 9 aromatic rings. The lowest BCUT2D eigenvalue weighted by molar-refractivity contribution is 1.62. The van der Waals surface area contributed by atoms with Gasteiger partial charge in [-0.3, -0.25) is 0 Å². The van der Waals surface area contributed by atoms with Gasteiger partial charge in [0.1, 0.15) is 0 Å². The molecule has 0 atom stereocenters. The van der Waals surface area contributed by atoms with Crippen molar-refractivity contribution in [2.75, 3.05) is 5.73 Å². The molecule has 0 heterocycles. The van der Waals surface area contributed by atoms with Crippen molar-refractivity contribution in [1.82, 2.24) is 0 Å². The van der Waals surface area contributed by atoms with Crippen LogP contribution in [-0.2, 0) is 0 Å². The third kappa shape index (κ3) is 4.26. The molecule has 228 valence electrons. The maximum Gasteiger partial charge on any atom is 0.0320 e. The van der Waals surface area contributed by atoms with Gasteiger partial charge in [0, 0.05) is 5.69 Å². The Kier molecular flexibility index (Phi) is 6.10. The van der Waals surface area contributed by atoms with E-state index in [0.717, 1.165) is 11.1 Å². The predicted molar refractivity (Wildman–Crippen MR) is 210 cm³/mol. The third-order valence-electron chi connectivity index (χ3n) is 10.3. The zero-order valence-corrected chi connectivity index (χ0v) is 26.8. The standard InChI is InChI=1S/C48H31N/c49-37-25-24-35-28-34(22-23-36(35)29-37)30-18-20-31(21-19-30)38-26-27-43-46-39(38)16-9-17-42(46)47-44(32-10-3-1-4-11-32)40-14-7-8-15-41(40)45(48(43)47)33-12-5-2-6-13-33/h1-29H,49H2. The van der Waals surface area contributed by atoms with Gasteiger partial charge in [0.2, 0.25) is 0 Å². The van der Waals surface area contributed by atoms with Crippen molar-refractivity contribution in [3.8, 4) is 66.8 Å². The van der Waals surface area contributed by atoms with E-state index >= 15 is 0 Å². The summed E-state index contributed by atoms with van der Waals surface area (Å²) in [6.07, 6.45) is 0. The SMILES string of the molecule is Nc1ccc2cc(-c3ccc(-c4ccc5c6c(cccc46)-c4c-5c(-c5ccccc5)c5ccccc5c4-c4ccccc4)cc3)ccc2c1. The van der Waals surface area contributed by atoms with Gasteiger partial charge in [-0.2, -0.15) is 0 Å². The predicted octanol–water partition coefficient (Wildman–Crippen LogP) is 13.0. The number of anilines is 1. The van der Waals surface area contributed by atoms with E-state index in [9.17, 15) is 0 Å². The summed E-state index contributed by atoms with van der Waals surface area (Å²) in [4.78, 5) is 0. The molecule has 0 bridgehead atoms. The molecular formula is C48H31N. The summed E-state index contributed by atoms with van der Waals surface area (Å²) < 4.78 is 0. The molecule has 0 fully saturated rings. The molecule has 0 aliphatic heterocycles. The Bertz CT molecular complexity index is 2650. The van der Waals surface area contributed by atoms with Crippen molar-refractivity contribution < 1.29 is 0 Å². The Balaban J connectivity index is 1.20. The first-order valence-electron chi connectivity index (χ1n) is 16.9. The molecule has 2 N–H and O–H groups in total. The highest BCUT2D eigenvalue weighted by molar-refractivity contribution is 6.28. The lowest BCUT2D eigenvalue weighted by Gasteiger charge is -2.20. The molecule has 0 saturated carbocycles. The molecule has 1 nitrogen and oxygen atoms in total. The van der Waals surface area contributed by atoms with Gasteiger partial charge in [-0.1, -0.05) is 158 Å². The Morgan fingerprint density at radius 2 is 0.796 bits per heavy atom. The third-order valence-corrected chi connectivity index (χ3v) is 10.3. The number of rotatable bonds is 4. The van der Waals surface area contributed by atoms with E-state index in [4.69, 9.17) is 5.73 Å². The van der Waals surface area contributed by atoms with Crippen LogP contribution in [0.4, 0.5) is 5.69 Å². The highest BCUT2D eigenvalue weighted by Crippen LogP contribution is 2.58. The van der Waals surface area contributed by atoms with Crippen LogP contribution in [0.25, 0.3) is 99.1 Å². The quantitative estimate of drug-likeness (QED) is 0.194. The Hall–Kier alpha value is -6.44. The molecule has 1 aliphatic rings. The average Bonchev–Trinajstić information content (AvgIpc) is 3.49. The van der Waals surface area contributed by atoms with Crippen LogP contribution >= 0.6 is 0 Å². The number of fused-ring (bicyclic) bond motifs is 5. The van der Waals surface area contributed by atoms with Crippen LogP contribution in [0.1, 0.15) is 0 Å². The zero-order valence-electron chi connectivity index (χ0n) is 26.8. The lowest BCUT2D eigenvalue weighted by atomic mass is 9.82. The van der Waals surface area contributed by atoms with E-state index in [2.05, 4.69) is 164 Å². The summed E-state index contributed by atoms with van der Waals surface area (Å²) in [5, 5.41) is 7.53. The first-order chi connectivity index (χ1) is 24.2. The maximum atomic E-state index is 6.02. The monoisotopic (exact) mass is 621 g/mol. The van der Waals surface area contributed by atoms with E-state index < -0.39 is 0 Å². The average molecular weight is 622 g/mol. The fourth-order valence-corrected chi connectivity index (χ4v) is 8.15. The fourth-order valence-electron chi connectivity index (χ4n) is 8.15. The highest BCUT2D eigenvalue weighted by atomic mass is 14.5. The van der Waals surface area contributed by atoms with Crippen LogP contribution in [0.5, 0.6) is 0 Å². The van der Waals surface area contributed by atoms with E-state index in [1.807, 2.05) is 12.1 Å².